The van der Waals surface area contributed by atoms with Crippen LogP contribution < -0.4 is 4.72 Å². The molecule has 0 saturated heterocycles. The van der Waals surface area contributed by atoms with E-state index in [-0.39, 0.29) is 11.4 Å². The van der Waals surface area contributed by atoms with Crippen LogP contribution in [0, 0.1) is 0 Å². The maximum absolute atomic E-state index is 12.3. The van der Waals surface area contributed by atoms with Gasteiger partial charge in [0, 0.05) is 18.9 Å². The number of hydrogen-bond donors (Lipinski definition) is 1. The van der Waals surface area contributed by atoms with Crippen molar-refractivity contribution in [2.75, 3.05) is 6.54 Å². The molecule has 0 bridgehead atoms. The van der Waals surface area contributed by atoms with Gasteiger partial charge in [-0.3, -0.25) is 9.67 Å². The highest BCUT2D eigenvalue weighted by atomic mass is 32.2. The van der Waals surface area contributed by atoms with Crippen LogP contribution in [0.1, 0.15) is 12.5 Å². The maximum Gasteiger partial charge on any atom is 0.240 e. The average Bonchev–Trinajstić information content (AvgIpc) is 3.11. The van der Waals surface area contributed by atoms with Gasteiger partial charge in [-0.05, 0) is 42.3 Å². The first-order chi connectivity index (χ1) is 12.1. The molecule has 7 heteroatoms. The summed E-state index contributed by atoms with van der Waals surface area (Å²) in [5.41, 5.74) is 2.66. The van der Waals surface area contributed by atoms with Crippen LogP contribution in [0.2, 0.25) is 0 Å². The third-order valence-corrected chi connectivity index (χ3v) is 5.32. The number of aryl methyl sites for hydroxylation is 1. The van der Waals surface area contributed by atoms with Crippen LogP contribution in [0.15, 0.2) is 65.8 Å². The van der Waals surface area contributed by atoms with Gasteiger partial charge in [0.15, 0.2) is 0 Å². The van der Waals surface area contributed by atoms with E-state index in [2.05, 4.69) is 14.8 Å². The van der Waals surface area contributed by atoms with Crippen LogP contribution in [0.4, 0.5) is 0 Å². The van der Waals surface area contributed by atoms with E-state index in [0.717, 1.165) is 23.4 Å². The predicted octanol–water partition coefficient (Wildman–Crippen LogP) is 2.49. The molecule has 0 aliphatic heterocycles. The van der Waals surface area contributed by atoms with E-state index in [1.54, 1.807) is 23.0 Å². The number of hydrogen-bond acceptors (Lipinski definition) is 4. The Labute approximate surface area is 147 Å². The summed E-state index contributed by atoms with van der Waals surface area (Å²) >= 11 is 0. The van der Waals surface area contributed by atoms with Crippen molar-refractivity contribution in [1.29, 1.82) is 0 Å². The van der Waals surface area contributed by atoms with E-state index in [0.29, 0.717) is 6.54 Å². The summed E-state index contributed by atoms with van der Waals surface area (Å²) in [7, 11) is -3.50. The molecule has 25 heavy (non-hydrogen) atoms. The van der Waals surface area contributed by atoms with E-state index < -0.39 is 10.0 Å². The Balaban J connectivity index is 1.59. The third kappa shape index (κ3) is 4.32. The van der Waals surface area contributed by atoms with Crippen LogP contribution in [-0.4, -0.2) is 29.7 Å². The second kappa shape index (κ2) is 7.58. The molecular weight excluding hydrogens is 336 g/mol. The zero-order chi connectivity index (χ0) is 17.7. The molecule has 1 aromatic carbocycles. The Hall–Kier alpha value is -2.51. The molecule has 0 atom stereocenters. The molecule has 0 radical (unpaired) electrons. The van der Waals surface area contributed by atoms with Crippen molar-refractivity contribution in [3.05, 3.63) is 66.5 Å². The van der Waals surface area contributed by atoms with Crippen molar-refractivity contribution in [2.24, 2.45) is 0 Å². The highest BCUT2D eigenvalue weighted by Crippen LogP contribution is 2.13. The summed E-state index contributed by atoms with van der Waals surface area (Å²) in [5, 5.41) is 4.41. The Morgan fingerprint density at radius 2 is 1.84 bits per heavy atom. The molecule has 2 aromatic heterocycles. The number of benzene rings is 1. The van der Waals surface area contributed by atoms with Crippen molar-refractivity contribution >= 4 is 10.0 Å². The van der Waals surface area contributed by atoms with Crippen molar-refractivity contribution < 1.29 is 8.42 Å². The van der Waals surface area contributed by atoms with Crippen molar-refractivity contribution in [3.8, 4) is 11.4 Å². The fourth-order valence-electron chi connectivity index (χ4n) is 2.42. The number of rotatable bonds is 7. The first-order valence-electron chi connectivity index (χ1n) is 8.12. The van der Waals surface area contributed by atoms with Gasteiger partial charge in [0.05, 0.1) is 17.1 Å². The Morgan fingerprint density at radius 3 is 2.52 bits per heavy atom. The molecule has 0 aliphatic carbocycles. The topological polar surface area (TPSA) is 76.9 Å². The minimum Gasteiger partial charge on any atom is -0.271 e. The van der Waals surface area contributed by atoms with Gasteiger partial charge in [-0.25, -0.2) is 13.1 Å². The molecule has 0 aliphatic rings. The lowest BCUT2D eigenvalue weighted by atomic mass is 10.2. The zero-order valence-electron chi connectivity index (χ0n) is 14.0. The van der Waals surface area contributed by atoms with Crippen LogP contribution >= 0.6 is 0 Å². The quantitative estimate of drug-likeness (QED) is 0.705. The van der Waals surface area contributed by atoms with Gasteiger partial charge in [-0.15, -0.1) is 0 Å². The third-order valence-electron chi connectivity index (χ3n) is 3.84. The molecule has 0 saturated carbocycles. The molecule has 2 heterocycles. The normalized spacial score (nSPS) is 11.6. The molecule has 3 rings (SSSR count). The zero-order valence-corrected chi connectivity index (χ0v) is 14.8. The summed E-state index contributed by atoms with van der Waals surface area (Å²) in [5.74, 6) is 0. The highest BCUT2D eigenvalue weighted by Gasteiger charge is 2.13. The molecule has 0 spiro atoms. The van der Waals surface area contributed by atoms with Crippen LogP contribution in [0.3, 0.4) is 0 Å². The van der Waals surface area contributed by atoms with Gasteiger partial charge < -0.3 is 0 Å². The molecule has 130 valence electrons. The molecular formula is C18H20N4O2S. The maximum atomic E-state index is 12.3. The Bertz CT molecular complexity index is 919. The molecule has 0 unspecified atom stereocenters. The lowest BCUT2D eigenvalue weighted by Gasteiger charge is -2.07. The van der Waals surface area contributed by atoms with E-state index in [4.69, 9.17) is 0 Å². The van der Waals surface area contributed by atoms with E-state index >= 15 is 0 Å². The average molecular weight is 356 g/mol. The monoisotopic (exact) mass is 356 g/mol. The van der Waals surface area contributed by atoms with E-state index in [9.17, 15) is 8.42 Å². The van der Waals surface area contributed by atoms with Crippen molar-refractivity contribution in [1.82, 2.24) is 19.5 Å². The summed E-state index contributed by atoms with van der Waals surface area (Å²) in [6, 6.07) is 14.4. The number of nitrogens with zero attached hydrogens (tertiary/aromatic N) is 3. The lowest BCUT2D eigenvalue weighted by Crippen LogP contribution is -2.27. The van der Waals surface area contributed by atoms with Gasteiger partial charge in [0.25, 0.3) is 0 Å². The molecule has 0 fully saturated rings. The summed E-state index contributed by atoms with van der Waals surface area (Å²) in [4.78, 5) is 4.53. The Kier molecular flexibility index (Phi) is 5.25. The second-order valence-electron chi connectivity index (χ2n) is 5.57. The standard InChI is InChI=1S/C18H20N4O2S/c1-2-15-6-8-16(9-7-15)25(23,24)20-12-14-22-13-10-18(21-22)17-5-3-4-11-19-17/h3-11,13,20H,2,12,14H2,1H3. The first kappa shape index (κ1) is 17.3. The minimum atomic E-state index is -3.50. The van der Waals surface area contributed by atoms with E-state index in [1.807, 2.05) is 49.5 Å². The largest absolute Gasteiger partial charge is 0.271 e. The van der Waals surface area contributed by atoms with Crippen LogP contribution in [0.25, 0.3) is 11.4 Å². The van der Waals surface area contributed by atoms with Gasteiger partial charge in [0.1, 0.15) is 5.69 Å². The summed E-state index contributed by atoms with van der Waals surface area (Å²) in [6.07, 6.45) is 4.41. The van der Waals surface area contributed by atoms with Gasteiger partial charge in [-0.2, -0.15) is 5.10 Å². The molecule has 1 N–H and O–H groups in total. The van der Waals surface area contributed by atoms with Gasteiger partial charge >= 0.3 is 0 Å². The minimum absolute atomic E-state index is 0.265. The van der Waals surface area contributed by atoms with E-state index in [1.165, 1.54) is 0 Å². The van der Waals surface area contributed by atoms with Crippen molar-refractivity contribution in [3.63, 3.8) is 0 Å². The number of sulfonamides is 1. The van der Waals surface area contributed by atoms with Crippen LogP contribution in [-0.2, 0) is 23.0 Å². The highest BCUT2D eigenvalue weighted by molar-refractivity contribution is 7.89. The SMILES string of the molecule is CCc1ccc(S(=O)(=O)NCCn2ccc(-c3ccccn3)n2)cc1. The molecule has 6 nitrogen and oxygen atoms in total. The first-order valence-corrected chi connectivity index (χ1v) is 9.60. The fourth-order valence-corrected chi connectivity index (χ4v) is 3.44. The Morgan fingerprint density at radius 1 is 1.04 bits per heavy atom. The molecule has 3 aromatic rings. The number of nitrogens with one attached hydrogen (secondary N) is 1. The molecule has 0 amide bonds. The van der Waals surface area contributed by atoms with Crippen molar-refractivity contribution in [2.45, 2.75) is 24.8 Å². The summed E-state index contributed by atoms with van der Waals surface area (Å²) < 4.78 is 28.9. The predicted molar refractivity (Wildman–Crippen MR) is 96.5 cm³/mol. The number of aromatic nitrogens is 3. The van der Waals surface area contributed by atoms with Crippen LogP contribution in [0.5, 0.6) is 0 Å². The summed E-state index contributed by atoms with van der Waals surface area (Å²) in [6.45, 7) is 2.74. The smallest absolute Gasteiger partial charge is 0.240 e. The lowest BCUT2D eigenvalue weighted by molar-refractivity contribution is 0.561. The van der Waals surface area contributed by atoms with Gasteiger partial charge in [0.2, 0.25) is 10.0 Å². The second-order valence-corrected chi connectivity index (χ2v) is 7.34. The van der Waals surface area contributed by atoms with Gasteiger partial charge in [-0.1, -0.05) is 25.1 Å². The fraction of sp³-hybridized carbons (Fsp3) is 0.222. The number of pyridine rings is 1.